The average molecular weight is 308 g/mol. The molecule has 2 aromatic rings. The van der Waals surface area contributed by atoms with Gasteiger partial charge in [0, 0.05) is 12.1 Å². The maximum Gasteiger partial charge on any atom is 0.325 e. The van der Waals surface area contributed by atoms with Gasteiger partial charge in [-0.3, -0.25) is 4.79 Å². The van der Waals surface area contributed by atoms with E-state index in [4.69, 9.17) is 5.53 Å². The molecule has 0 bridgehead atoms. The van der Waals surface area contributed by atoms with Crippen LogP contribution in [0.25, 0.3) is 5.53 Å². The van der Waals surface area contributed by atoms with Crippen LogP contribution < -0.4 is 10.6 Å². The van der Waals surface area contributed by atoms with E-state index < -0.39 is 17.9 Å². The summed E-state index contributed by atoms with van der Waals surface area (Å²) in [6.45, 7) is 0. The second-order valence-corrected chi connectivity index (χ2v) is 4.85. The molecular weight excluding hydrogens is 292 g/mol. The first-order valence-electron chi connectivity index (χ1n) is 7.07. The van der Waals surface area contributed by atoms with Gasteiger partial charge in [-0.2, -0.15) is 4.79 Å². The highest BCUT2D eigenvalue weighted by molar-refractivity contribution is 6.28. The summed E-state index contributed by atoms with van der Waals surface area (Å²) in [4.78, 5) is 26.8. The predicted molar refractivity (Wildman–Crippen MR) is 87.2 cm³/mol. The van der Waals surface area contributed by atoms with Crippen molar-refractivity contribution >= 4 is 23.7 Å². The van der Waals surface area contributed by atoms with Crippen LogP contribution >= 0.6 is 0 Å². The van der Waals surface area contributed by atoms with Crippen LogP contribution in [0.2, 0.25) is 0 Å². The first kappa shape index (κ1) is 16.1. The monoisotopic (exact) mass is 308 g/mol. The molecule has 23 heavy (non-hydrogen) atoms. The molecule has 2 aromatic carbocycles. The van der Waals surface area contributed by atoms with E-state index in [0.29, 0.717) is 12.1 Å². The van der Waals surface area contributed by atoms with E-state index in [2.05, 4.69) is 15.4 Å². The lowest BCUT2D eigenvalue weighted by molar-refractivity contribution is -0.117. The Hall–Kier alpha value is -3.24. The Kier molecular flexibility index (Phi) is 5.80. The van der Waals surface area contributed by atoms with E-state index in [1.807, 2.05) is 36.4 Å². The van der Waals surface area contributed by atoms with Gasteiger partial charge in [0.05, 0.1) is 0 Å². The van der Waals surface area contributed by atoms with Crippen LogP contribution in [0.15, 0.2) is 60.7 Å². The van der Waals surface area contributed by atoms with E-state index in [0.717, 1.165) is 11.8 Å². The first-order valence-corrected chi connectivity index (χ1v) is 7.07. The molecule has 1 unspecified atom stereocenters. The van der Waals surface area contributed by atoms with E-state index >= 15 is 0 Å². The van der Waals surface area contributed by atoms with Crippen LogP contribution in [-0.2, 0) is 11.2 Å². The number of amides is 2. The number of ketones is 1. The normalized spacial score (nSPS) is 11.0. The van der Waals surface area contributed by atoms with Crippen LogP contribution in [0.4, 0.5) is 10.5 Å². The lowest BCUT2D eigenvalue weighted by atomic mass is 10.0. The molecule has 0 saturated heterocycles. The van der Waals surface area contributed by atoms with E-state index in [1.54, 1.807) is 24.3 Å². The first-order chi connectivity index (χ1) is 11.2. The minimum atomic E-state index is -0.822. The molecule has 1 atom stereocenters. The maximum atomic E-state index is 12.0. The number of carbonyl (C=O) groups is 2. The summed E-state index contributed by atoms with van der Waals surface area (Å²) in [7, 11) is 0. The molecule has 0 heterocycles. The molecule has 0 aromatic heterocycles. The molecule has 0 aliphatic rings. The van der Waals surface area contributed by atoms with Gasteiger partial charge in [0.1, 0.15) is 6.04 Å². The van der Waals surface area contributed by atoms with Crippen molar-refractivity contribution in [3.8, 4) is 0 Å². The number of nitrogens with one attached hydrogen (secondary N) is 2. The minimum absolute atomic E-state index is 0.300. The van der Waals surface area contributed by atoms with Crippen LogP contribution in [0, 0.1) is 0 Å². The molecule has 2 amide bonds. The Labute approximate surface area is 133 Å². The third kappa shape index (κ3) is 5.22. The Bertz CT molecular complexity index is 710. The molecule has 6 nitrogen and oxygen atoms in total. The van der Waals surface area contributed by atoms with Gasteiger partial charge in [-0.05, 0) is 17.7 Å². The molecule has 2 rings (SSSR count). The number of hydrogen-bond donors (Lipinski definition) is 2. The number of hydrogen-bond acceptors (Lipinski definition) is 2. The number of rotatable bonds is 6. The lowest BCUT2D eigenvalue weighted by Gasteiger charge is -2.15. The fourth-order valence-corrected chi connectivity index (χ4v) is 2.07. The maximum absolute atomic E-state index is 12.0. The lowest BCUT2D eigenvalue weighted by Crippen LogP contribution is -2.45. The van der Waals surface area contributed by atoms with Crippen molar-refractivity contribution in [1.82, 2.24) is 5.32 Å². The van der Waals surface area contributed by atoms with Gasteiger partial charge in [0.2, 0.25) is 0 Å². The highest BCUT2D eigenvalue weighted by atomic mass is 16.2. The Morgan fingerprint density at radius 1 is 1.04 bits per heavy atom. The molecule has 0 spiro atoms. The molecular formula is C17H16N4O2. The third-order valence-electron chi connectivity index (χ3n) is 3.15. The summed E-state index contributed by atoms with van der Waals surface area (Å²) in [5.74, 6) is -0.487. The average Bonchev–Trinajstić information content (AvgIpc) is 2.56. The number of benzene rings is 2. The molecule has 0 saturated carbocycles. The highest BCUT2D eigenvalue weighted by Crippen LogP contribution is 2.06. The van der Waals surface area contributed by atoms with Crippen molar-refractivity contribution in [3.05, 3.63) is 71.8 Å². The molecule has 116 valence electrons. The number of Topliss-reactive ketones (excluding diaryl/α,β-unsaturated/α-hetero) is 1. The highest BCUT2D eigenvalue weighted by Gasteiger charge is 2.22. The summed E-state index contributed by atoms with van der Waals surface area (Å²) < 4.78 is 0. The van der Waals surface area contributed by atoms with E-state index in [9.17, 15) is 9.59 Å². The van der Waals surface area contributed by atoms with Crippen LogP contribution in [0.3, 0.4) is 0 Å². The zero-order valence-electron chi connectivity index (χ0n) is 12.3. The molecule has 0 aliphatic heterocycles. The summed E-state index contributed by atoms with van der Waals surface area (Å²) in [6.07, 6.45) is 1.09. The standard InChI is InChI=1S/C17H16N4O2/c18-19-12-16(22)15(11-13-7-3-1-4-8-13)21-17(23)20-14-9-5-2-6-10-14/h1-10,12,15H,11H2,(H2,20,21,23). The van der Waals surface area contributed by atoms with Crippen molar-refractivity contribution < 1.29 is 14.4 Å². The van der Waals surface area contributed by atoms with Crippen LogP contribution in [-0.4, -0.2) is 28.9 Å². The van der Waals surface area contributed by atoms with Crippen molar-refractivity contribution in [2.24, 2.45) is 0 Å². The zero-order chi connectivity index (χ0) is 16.5. The van der Waals surface area contributed by atoms with Gasteiger partial charge >= 0.3 is 12.2 Å². The number of nitrogens with zero attached hydrogens (tertiary/aromatic N) is 2. The van der Waals surface area contributed by atoms with Crippen molar-refractivity contribution in [2.75, 3.05) is 5.32 Å². The van der Waals surface area contributed by atoms with Gasteiger partial charge in [-0.25, -0.2) is 4.79 Å². The second-order valence-electron chi connectivity index (χ2n) is 4.85. The van der Waals surface area contributed by atoms with Gasteiger partial charge in [0.15, 0.2) is 0 Å². The van der Waals surface area contributed by atoms with Crippen LogP contribution in [0.5, 0.6) is 0 Å². The second kappa shape index (κ2) is 8.26. The van der Waals surface area contributed by atoms with Crippen molar-refractivity contribution in [3.63, 3.8) is 0 Å². The SMILES string of the molecule is [N-]=[N+]=CC(=O)C(Cc1ccccc1)NC(=O)Nc1ccccc1. The van der Waals surface area contributed by atoms with Crippen molar-refractivity contribution in [1.29, 1.82) is 0 Å². The minimum Gasteiger partial charge on any atom is -0.361 e. The number of urea groups is 1. The number of carbonyl (C=O) groups excluding carboxylic acids is 2. The van der Waals surface area contributed by atoms with Gasteiger partial charge in [-0.1, -0.05) is 48.5 Å². The predicted octanol–water partition coefficient (Wildman–Crippen LogP) is 2.29. The zero-order valence-corrected chi connectivity index (χ0v) is 12.3. The smallest absolute Gasteiger partial charge is 0.325 e. The Morgan fingerprint density at radius 3 is 2.26 bits per heavy atom. The fourth-order valence-electron chi connectivity index (χ4n) is 2.07. The quantitative estimate of drug-likeness (QED) is 0.486. The van der Waals surface area contributed by atoms with E-state index in [-0.39, 0.29) is 0 Å². The van der Waals surface area contributed by atoms with Crippen molar-refractivity contribution in [2.45, 2.75) is 12.5 Å². The summed E-state index contributed by atoms with van der Waals surface area (Å²) in [5.41, 5.74) is 10.0. The number of anilines is 1. The molecule has 6 heteroatoms. The molecule has 2 N–H and O–H groups in total. The molecule has 0 aliphatic carbocycles. The molecule has 0 fully saturated rings. The van der Waals surface area contributed by atoms with E-state index in [1.165, 1.54) is 0 Å². The summed E-state index contributed by atoms with van der Waals surface area (Å²) in [6, 6.07) is 16.8. The molecule has 0 radical (unpaired) electrons. The van der Waals surface area contributed by atoms with Crippen LogP contribution in [0.1, 0.15) is 5.56 Å². The Morgan fingerprint density at radius 2 is 1.65 bits per heavy atom. The summed E-state index contributed by atoms with van der Waals surface area (Å²) in [5, 5.41) is 5.24. The summed E-state index contributed by atoms with van der Waals surface area (Å²) >= 11 is 0. The van der Waals surface area contributed by atoms with Gasteiger partial charge in [0.25, 0.3) is 5.78 Å². The largest absolute Gasteiger partial charge is 0.361 e. The Balaban J connectivity index is 2.06. The van der Waals surface area contributed by atoms with Gasteiger partial charge in [-0.15, -0.1) is 0 Å². The number of para-hydroxylation sites is 1. The fraction of sp³-hybridized carbons (Fsp3) is 0.118. The third-order valence-corrected chi connectivity index (χ3v) is 3.15. The topological polar surface area (TPSA) is 94.6 Å². The van der Waals surface area contributed by atoms with Gasteiger partial charge < -0.3 is 16.2 Å².